The van der Waals surface area contributed by atoms with Crippen LogP contribution in [0.5, 0.6) is 11.5 Å². The van der Waals surface area contributed by atoms with Crippen LogP contribution in [0.4, 0.5) is 0 Å². The van der Waals surface area contributed by atoms with Crippen molar-refractivity contribution in [1.82, 2.24) is 0 Å². The lowest BCUT2D eigenvalue weighted by atomic mass is 10.1. The molecule has 0 amide bonds. The molecular weight excluding hydrogens is 306 g/mol. The fraction of sp³-hybridized carbons (Fsp3) is 0.158. The normalized spacial score (nSPS) is 10.4. The molecular formula is C19H15NO4. The van der Waals surface area contributed by atoms with Crippen molar-refractivity contribution in [1.29, 1.82) is 5.26 Å². The van der Waals surface area contributed by atoms with Crippen molar-refractivity contribution in [2.75, 3.05) is 13.7 Å². The first-order valence-corrected chi connectivity index (χ1v) is 7.35. The predicted octanol–water partition coefficient (Wildman–Crippen LogP) is 3.68. The molecule has 0 atom stereocenters. The standard InChI is InChI=1S/C19H15NO4/c1-12-3-8-15-16(11-12)24-18(19(17(15)21)23-10-9-20)13-4-6-14(22-2)7-5-13/h3-8,11H,10H2,1-2H3. The van der Waals surface area contributed by atoms with E-state index in [-0.39, 0.29) is 17.8 Å². The number of ether oxygens (including phenoxy) is 2. The number of fused-ring (bicyclic) bond motifs is 1. The number of nitrogens with zero attached hydrogens (tertiary/aromatic N) is 1. The van der Waals surface area contributed by atoms with Gasteiger partial charge in [0.05, 0.1) is 12.5 Å². The summed E-state index contributed by atoms with van der Waals surface area (Å²) in [6.45, 7) is 1.69. The zero-order chi connectivity index (χ0) is 17.1. The molecule has 0 radical (unpaired) electrons. The molecule has 3 rings (SSSR count). The van der Waals surface area contributed by atoms with Crippen molar-refractivity contribution >= 4 is 11.0 Å². The molecule has 120 valence electrons. The summed E-state index contributed by atoms with van der Waals surface area (Å²) in [6.07, 6.45) is 0. The van der Waals surface area contributed by atoms with Gasteiger partial charge in [-0.15, -0.1) is 0 Å². The van der Waals surface area contributed by atoms with E-state index in [1.807, 2.05) is 19.1 Å². The summed E-state index contributed by atoms with van der Waals surface area (Å²) in [7, 11) is 1.58. The van der Waals surface area contributed by atoms with E-state index >= 15 is 0 Å². The monoisotopic (exact) mass is 321 g/mol. The largest absolute Gasteiger partial charge is 0.497 e. The summed E-state index contributed by atoms with van der Waals surface area (Å²) < 4.78 is 16.4. The van der Waals surface area contributed by atoms with E-state index in [0.29, 0.717) is 28.0 Å². The quantitative estimate of drug-likeness (QED) is 0.733. The summed E-state index contributed by atoms with van der Waals surface area (Å²) in [5, 5.41) is 9.20. The Morgan fingerprint density at radius 1 is 1.17 bits per heavy atom. The average molecular weight is 321 g/mol. The number of hydrogen-bond donors (Lipinski definition) is 0. The summed E-state index contributed by atoms with van der Waals surface area (Å²) in [5.41, 5.74) is 1.84. The van der Waals surface area contributed by atoms with Crippen molar-refractivity contribution in [3.05, 3.63) is 58.3 Å². The molecule has 0 fully saturated rings. The maximum absolute atomic E-state index is 12.7. The molecule has 24 heavy (non-hydrogen) atoms. The summed E-state index contributed by atoms with van der Waals surface area (Å²) in [5.74, 6) is 1.03. The maximum Gasteiger partial charge on any atom is 0.235 e. The number of hydrogen-bond acceptors (Lipinski definition) is 5. The average Bonchev–Trinajstić information content (AvgIpc) is 2.60. The fourth-order valence-corrected chi connectivity index (χ4v) is 2.45. The minimum atomic E-state index is -0.294. The Balaban J connectivity index is 2.26. The number of benzene rings is 2. The lowest BCUT2D eigenvalue weighted by molar-refractivity contribution is 0.356. The zero-order valence-corrected chi connectivity index (χ0v) is 13.3. The molecule has 0 aliphatic heterocycles. The summed E-state index contributed by atoms with van der Waals surface area (Å²) in [4.78, 5) is 12.7. The van der Waals surface area contributed by atoms with Gasteiger partial charge in [0.2, 0.25) is 11.2 Å². The predicted molar refractivity (Wildman–Crippen MR) is 90.3 cm³/mol. The topological polar surface area (TPSA) is 72.5 Å². The Hall–Kier alpha value is -3.26. The molecule has 5 heteroatoms. The van der Waals surface area contributed by atoms with Crippen LogP contribution in [-0.4, -0.2) is 13.7 Å². The second-order valence-corrected chi connectivity index (χ2v) is 5.26. The Kier molecular flexibility index (Phi) is 4.21. The van der Waals surface area contributed by atoms with E-state index in [4.69, 9.17) is 19.2 Å². The van der Waals surface area contributed by atoms with Gasteiger partial charge < -0.3 is 13.9 Å². The number of methoxy groups -OCH3 is 1. The van der Waals surface area contributed by atoms with Crippen LogP contribution in [0.25, 0.3) is 22.3 Å². The highest BCUT2D eigenvalue weighted by atomic mass is 16.5. The Morgan fingerprint density at radius 2 is 1.92 bits per heavy atom. The van der Waals surface area contributed by atoms with Gasteiger partial charge in [0.1, 0.15) is 17.4 Å². The fourth-order valence-electron chi connectivity index (χ4n) is 2.45. The second kappa shape index (κ2) is 6.47. The highest BCUT2D eigenvalue weighted by molar-refractivity contribution is 5.82. The molecule has 0 N–H and O–H groups in total. The molecule has 0 unspecified atom stereocenters. The van der Waals surface area contributed by atoms with Crippen molar-refractivity contribution in [2.24, 2.45) is 0 Å². The SMILES string of the molecule is COc1ccc(-c2oc3cc(C)ccc3c(=O)c2OCC#N)cc1. The molecule has 2 aromatic carbocycles. The molecule has 3 aromatic rings. The maximum atomic E-state index is 12.7. The van der Waals surface area contributed by atoms with Gasteiger partial charge in [-0.1, -0.05) is 6.07 Å². The van der Waals surface area contributed by atoms with Crippen molar-refractivity contribution < 1.29 is 13.9 Å². The number of aryl methyl sites for hydroxylation is 1. The molecule has 1 heterocycles. The van der Waals surface area contributed by atoms with E-state index in [9.17, 15) is 4.79 Å². The minimum Gasteiger partial charge on any atom is -0.497 e. The molecule has 0 saturated carbocycles. The van der Waals surface area contributed by atoms with Gasteiger partial charge >= 0.3 is 0 Å². The Labute approximate surface area is 138 Å². The molecule has 0 spiro atoms. The molecule has 0 aliphatic rings. The van der Waals surface area contributed by atoms with Crippen LogP contribution in [0.1, 0.15) is 5.56 Å². The van der Waals surface area contributed by atoms with E-state index in [0.717, 1.165) is 5.56 Å². The van der Waals surface area contributed by atoms with Gasteiger partial charge in [-0.25, -0.2) is 0 Å². The van der Waals surface area contributed by atoms with Crippen LogP contribution < -0.4 is 14.9 Å². The first-order chi connectivity index (χ1) is 11.6. The van der Waals surface area contributed by atoms with Crippen LogP contribution in [-0.2, 0) is 0 Å². The molecule has 1 aromatic heterocycles. The van der Waals surface area contributed by atoms with Crippen LogP contribution in [0, 0.1) is 18.3 Å². The van der Waals surface area contributed by atoms with E-state index in [2.05, 4.69) is 0 Å². The van der Waals surface area contributed by atoms with Gasteiger partial charge in [0.15, 0.2) is 12.4 Å². The minimum absolute atomic E-state index is 0.0399. The smallest absolute Gasteiger partial charge is 0.235 e. The summed E-state index contributed by atoms with van der Waals surface area (Å²) >= 11 is 0. The van der Waals surface area contributed by atoms with Gasteiger partial charge in [-0.2, -0.15) is 5.26 Å². The zero-order valence-electron chi connectivity index (χ0n) is 13.3. The molecule has 5 nitrogen and oxygen atoms in total. The van der Waals surface area contributed by atoms with Crippen LogP contribution in [0.15, 0.2) is 51.7 Å². The molecule has 0 bridgehead atoms. The van der Waals surface area contributed by atoms with Crippen molar-refractivity contribution in [3.63, 3.8) is 0 Å². The lowest BCUT2D eigenvalue weighted by Crippen LogP contribution is -2.10. The Bertz CT molecular complexity index is 981. The number of nitriles is 1. The molecule has 0 saturated heterocycles. The van der Waals surface area contributed by atoms with Gasteiger partial charge in [-0.05, 0) is 48.9 Å². The Morgan fingerprint density at radius 3 is 2.58 bits per heavy atom. The van der Waals surface area contributed by atoms with Crippen LogP contribution >= 0.6 is 0 Å². The second-order valence-electron chi connectivity index (χ2n) is 5.26. The van der Waals surface area contributed by atoms with E-state index in [1.165, 1.54) is 0 Å². The van der Waals surface area contributed by atoms with Crippen molar-refractivity contribution in [2.45, 2.75) is 6.92 Å². The van der Waals surface area contributed by atoms with Crippen molar-refractivity contribution in [3.8, 4) is 28.9 Å². The van der Waals surface area contributed by atoms with E-state index < -0.39 is 0 Å². The van der Waals surface area contributed by atoms with Gasteiger partial charge in [-0.3, -0.25) is 4.79 Å². The third-order valence-corrected chi connectivity index (χ3v) is 3.64. The summed E-state index contributed by atoms with van der Waals surface area (Å²) in [6, 6.07) is 14.3. The highest BCUT2D eigenvalue weighted by Gasteiger charge is 2.18. The van der Waals surface area contributed by atoms with Gasteiger partial charge in [0, 0.05) is 5.56 Å². The van der Waals surface area contributed by atoms with Crippen LogP contribution in [0.3, 0.4) is 0 Å². The lowest BCUT2D eigenvalue weighted by Gasteiger charge is -2.10. The van der Waals surface area contributed by atoms with Crippen LogP contribution in [0.2, 0.25) is 0 Å². The third-order valence-electron chi connectivity index (χ3n) is 3.64. The van der Waals surface area contributed by atoms with E-state index in [1.54, 1.807) is 43.5 Å². The highest BCUT2D eigenvalue weighted by Crippen LogP contribution is 2.32. The first-order valence-electron chi connectivity index (χ1n) is 7.35. The first kappa shape index (κ1) is 15.6. The molecule has 0 aliphatic carbocycles. The number of rotatable bonds is 4. The third kappa shape index (κ3) is 2.82. The van der Waals surface area contributed by atoms with Gasteiger partial charge in [0.25, 0.3) is 0 Å².